The van der Waals surface area contributed by atoms with Gasteiger partial charge in [-0.1, -0.05) is 35.5 Å². The summed E-state index contributed by atoms with van der Waals surface area (Å²) in [5.41, 5.74) is 1.03. The van der Waals surface area contributed by atoms with Gasteiger partial charge in [0.1, 0.15) is 6.10 Å². The Morgan fingerprint density at radius 3 is 2.95 bits per heavy atom. The van der Waals surface area contributed by atoms with E-state index in [1.807, 2.05) is 30.3 Å². The molecule has 2 aromatic rings. The molecule has 5 heteroatoms. The van der Waals surface area contributed by atoms with Crippen molar-refractivity contribution in [1.29, 1.82) is 0 Å². The molecule has 2 heterocycles. The molecule has 3 rings (SSSR count). The average molecular weight is 287 g/mol. The summed E-state index contributed by atoms with van der Waals surface area (Å²) in [4.78, 5) is 4.52. The van der Waals surface area contributed by atoms with E-state index in [4.69, 9.17) is 9.26 Å². The Morgan fingerprint density at radius 1 is 1.38 bits per heavy atom. The fraction of sp³-hybridized carbons (Fsp3) is 0.500. The Morgan fingerprint density at radius 2 is 2.24 bits per heavy atom. The van der Waals surface area contributed by atoms with Gasteiger partial charge in [-0.2, -0.15) is 4.98 Å². The SMILES string of the molecule is COC(c1ccccc1)c1noc(CC2CCCNC2)n1. The van der Waals surface area contributed by atoms with E-state index in [9.17, 15) is 0 Å². The third-order valence-electron chi connectivity index (χ3n) is 3.92. The summed E-state index contributed by atoms with van der Waals surface area (Å²) in [5, 5.41) is 7.50. The van der Waals surface area contributed by atoms with Crippen LogP contribution in [0.5, 0.6) is 0 Å². The molecule has 0 spiro atoms. The minimum Gasteiger partial charge on any atom is -0.369 e. The van der Waals surface area contributed by atoms with Gasteiger partial charge in [-0.3, -0.25) is 0 Å². The number of hydrogen-bond acceptors (Lipinski definition) is 5. The molecule has 0 saturated carbocycles. The molecule has 0 bridgehead atoms. The van der Waals surface area contributed by atoms with Crippen molar-refractivity contribution in [1.82, 2.24) is 15.5 Å². The van der Waals surface area contributed by atoms with Crippen molar-refractivity contribution >= 4 is 0 Å². The third kappa shape index (κ3) is 3.49. The van der Waals surface area contributed by atoms with E-state index in [1.165, 1.54) is 12.8 Å². The molecule has 1 aliphatic heterocycles. The van der Waals surface area contributed by atoms with Crippen molar-refractivity contribution < 1.29 is 9.26 Å². The molecule has 0 aliphatic carbocycles. The van der Waals surface area contributed by atoms with E-state index in [2.05, 4.69) is 15.5 Å². The predicted octanol–water partition coefficient (Wildman–Crippen LogP) is 2.35. The Labute approximate surface area is 124 Å². The summed E-state index contributed by atoms with van der Waals surface area (Å²) in [6, 6.07) is 9.96. The van der Waals surface area contributed by atoms with Crippen molar-refractivity contribution in [3.05, 3.63) is 47.6 Å². The maximum atomic E-state index is 5.53. The highest BCUT2D eigenvalue weighted by molar-refractivity contribution is 5.22. The third-order valence-corrected chi connectivity index (χ3v) is 3.92. The van der Waals surface area contributed by atoms with Gasteiger partial charge in [-0.15, -0.1) is 0 Å². The number of aromatic nitrogens is 2. The number of rotatable bonds is 5. The first kappa shape index (κ1) is 14.2. The molecular weight excluding hydrogens is 266 g/mol. The average Bonchev–Trinajstić information content (AvgIpc) is 2.98. The minimum absolute atomic E-state index is 0.270. The smallest absolute Gasteiger partial charge is 0.227 e. The van der Waals surface area contributed by atoms with Crippen LogP contribution in [0.15, 0.2) is 34.9 Å². The zero-order chi connectivity index (χ0) is 14.5. The van der Waals surface area contributed by atoms with Crippen LogP contribution in [0.3, 0.4) is 0 Å². The van der Waals surface area contributed by atoms with E-state index >= 15 is 0 Å². The molecule has 1 aliphatic rings. The number of nitrogens with zero attached hydrogens (tertiary/aromatic N) is 2. The van der Waals surface area contributed by atoms with Gasteiger partial charge >= 0.3 is 0 Å². The molecule has 1 N–H and O–H groups in total. The first-order chi connectivity index (χ1) is 10.4. The Bertz CT molecular complexity index is 550. The fourth-order valence-electron chi connectivity index (χ4n) is 2.82. The van der Waals surface area contributed by atoms with Crippen LogP contribution < -0.4 is 5.32 Å². The highest BCUT2D eigenvalue weighted by Gasteiger charge is 2.22. The van der Waals surface area contributed by atoms with Crippen LogP contribution in [-0.2, 0) is 11.2 Å². The molecular formula is C16H21N3O2. The Kier molecular flexibility index (Phi) is 4.62. The van der Waals surface area contributed by atoms with Gasteiger partial charge in [0.25, 0.3) is 0 Å². The monoisotopic (exact) mass is 287 g/mol. The lowest BCUT2D eigenvalue weighted by atomic mass is 9.96. The van der Waals surface area contributed by atoms with Crippen LogP contribution in [0, 0.1) is 5.92 Å². The molecule has 2 unspecified atom stereocenters. The van der Waals surface area contributed by atoms with Crippen molar-refractivity contribution in [2.24, 2.45) is 5.92 Å². The van der Waals surface area contributed by atoms with Crippen LogP contribution in [0.25, 0.3) is 0 Å². The molecule has 112 valence electrons. The van der Waals surface area contributed by atoms with Gasteiger partial charge < -0.3 is 14.6 Å². The van der Waals surface area contributed by atoms with Crippen molar-refractivity contribution in [3.8, 4) is 0 Å². The first-order valence-electron chi connectivity index (χ1n) is 7.47. The van der Waals surface area contributed by atoms with Crippen molar-refractivity contribution in [2.75, 3.05) is 20.2 Å². The summed E-state index contributed by atoms with van der Waals surface area (Å²) < 4.78 is 10.9. The Hall–Kier alpha value is -1.72. The van der Waals surface area contributed by atoms with Crippen LogP contribution in [0.4, 0.5) is 0 Å². The van der Waals surface area contributed by atoms with Gasteiger partial charge in [0.15, 0.2) is 0 Å². The number of methoxy groups -OCH3 is 1. The Balaban J connectivity index is 1.71. The van der Waals surface area contributed by atoms with Crippen LogP contribution in [0.1, 0.15) is 36.2 Å². The van der Waals surface area contributed by atoms with Crippen LogP contribution >= 0.6 is 0 Å². The number of benzene rings is 1. The molecule has 1 saturated heterocycles. The summed E-state index contributed by atoms with van der Waals surface area (Å²) >= 11 is 0. The van der Waals surface area contributed by atoms with Crippen LogP contribution in [0.2, 0.25) is 0 Å². The summed E-state index contributed by atoms with van der Waals surface area (Å²) in [7, 11) is 1.67. The quantitative estimate of drug-likeness (QED) is 0.914. The van der Waals surface area contributed by atoms with E-state index in [-0.39, 0.29) is 6.10 Å². The molecule has 21 heavy (non-hydrogen) atoms. The molecule has 5 nitrogen and oxygen atoms in total. The lowest BCUT2D eigenvalue weighted by Crippen LogP contribution is -2.30. The fourth-order valence-corrected chi connectivity index (χ4v) is 2.82. The second kappa shape index (κ2) is 6.83. The standard InChI is InChI=1S/C16H21N3O2/c1-20-15(13-7-3-2-4-8-13)16-18-14(21-19-16)10-12-6-5-9-17-11-12/h2-4,7-8,12,15,17H,5-6,9-11H2,1H3. The minimum atomic E-state index is -0.270. The lowest BCUT2D eigenvalue weighted by Gasteiger charge is -2.20. The molecule has 1 fully saturated rings. The molecule has 1 aromatic carbocycles. The van der Waals surface area contributed by atoms with Gasteiger partial charge in [0.2, 0.25) is 11.7 Å². The molecule has 2 atom stereocenters. The second-order valence-corrected chi connectivity index (χ2v) is 5.49. The van der Waals surface area contributed by atoms with Crippen molar-refractivity contribution in [3.63, 3.8) is 0 Å². The zero-order valence-corrected chi connectivity index (χ0v) is 12.3. The number of ether oxygens (including phenoxy) is 1. The molecule has 1 aromatic heterocycles. The largest absolute Gasteiger partial charge is 0.369 e. The summed E-state index contributed by atoms with van der Waals surface area (Å²) in [5.74, 6) is 1.89. The van der Waals surface area contributed by atoms with Gasteiger partial charge in [0, 0.05) is 13.5 Å². The van der Waals surface area contributed by atoms with Crippen molar-refractivity contribution in [2.45, 2.75) is 25.4 Å². The topological polar surface area (TPSA) is 60.2 Å². The second-order valence-electron chi connectivity index (χ2n) is 5.49. The van der Waals surface area contributed by atoms with E-state index < -0.39 is 0 Å². The van der Waals surface area contributed by atoms with E-state index in [0.29, 0.717) is 17.6 Å². The van der Waals surface area contributed by atoms with E-state index in [0.717, 1.165) is 25.1 Å². The molecule has 0 radical (unpaired) electrons. The lowest BCUT2D eigenvalue weighted by molar-refractivity contribution is 0.126. The summed E-state index contributed by atoms with van der Waals surface area (Å²) in [6.07, 6.45) is 3.01. The summed E-state index contributed by atoms with van der Waals surface area (Å²) in [6.45, 7) is 2.15. The predicted molar refractivity (Wildman–Crippen MR) is 78.9 cm³/mol. The maximum absolute atomic E-state index is 5.53. The highest BCUT2D eigenvalue weighted by Crippen LogP contribution is 2.23. The zero-order valence-electron chi connectivity index (χ0n) is 12.3. The van der Waals surface area contributed by atoms with E-state index in [1.54, 1.807) is 7.11 Å². The first-order valence-corrected chi connectivity index (χ1v) is 7.47. The van der Waals surface area contributed by atoms with Gasteiger partial charge in [-0.05, 0) is 37.4 Å². The van der Waals surface area contributed by atoms with Gasteiger partial charge in [-0.25, -0.2) is 0 Å². The number of hydrogen-bond donors (Lipinski definition) is 1. The maximum Gasteiger partial charge on any atom is 0.227 e. The number of piperidine rings is 1. The normalized spacial score (nSPS) is 20.3. The highest BCUT2D eigenvalue weighted by atomic mass is 16.5. The van der Waals surface area contributed by atoms with Gasteiger partial charge in [0.05, 0.1) is 0 Å². The van der Waals surface area contributed by atoms with Crippen LogP contribution in [-0.4, -0.2) is 30.3 Å². The molecule has 0 amide bonds. The number of nitrogens with one attached hydrogen (secondary N) is 1.